The van der Waals surface area contributed by atoms with E-state index in [-0.39, 0.29) is 6.61 Å². The van der Waals surface area contributed by atoms with Crippen LogP contribution in [0.5, 0.6) is 0 Å². The number of aliphatic carboxylic acids is 1. The van der Waals surface area contributed by atoms with Crippen molar-refractivity contribution in [3.05, 3.63) is 35.9 Å². The first kappa shape index (κ1) is 18.9. The summed E-state index contributed by atoms with van der Waals surface area (Å²) in [5.41, 5.74) is 5.69. The van der Waals surface area contributed by atoms with Gasteiger partial charge in [0.05, 0.1) is 6.42 Å². The van der Waals surface area contributed by atoms with Crippen molar-refractivity contribution in [2.24, 2.45) is 5.73 Å². The quantitative estimate of drug-likeness (QED) is 0.514. The highest BCUT2D eigenvalue weighted by Gasteiger charge is 2.25. The first-order chi connectivity index (χ1) is 11.3. The van der Waals surface area contributed by atoms with Crippen LogP contribution in [0.3, 0.4) is 0 Å². The molecule has 130 valence electrons. The second-order valence-electron chi connectivity index (χ2n) is 5.00. The molecule has 24 heavy (non-hydrogen) atoms. The zero-order valence-electron chi connectivity index (χ0n) is 13.0. The molecule has 5 N–H and O–H groups in total. The fourth-order valence-corrected chi connectivity index (χ4v) is 1.71. The van der Waals surface area contributed by atoms with E-state index < -0.39 is 42.4 Å². The first-order valence-corrected chi connectivity index (χ1v) is 7.08. The maximum atomic E-state index is 11.9. The standard InChI is InChI=1S/C15H19N3O6/c1-9(13(20)18-11(14(21)22)7-12(16)19)17-15(23)24-8-10-5-3-2-4-6-10/h2-6,9,11H,7-8H2,1H3,(H2,16,19)(H,17,23)(H,18,20)(H,21,22)/t9-,11+/m0/s1. The third kappa shape index (κ3) is 6.77. The molecule has 3 amide bonds. The van der Waals surface area contributed by atoms with Crippen molar-refractivity contribution < 1.29 is 29.0 Å². The van der Waals surface area contributed by atoms with Gasteiger partial charge in [0, 0.05) is 0 Å². The molecule has 0 radical (unpaired) electrons. The molecular weight excluding hydrogens is 318 g/mol. The molecule has 0 heterocycles. The molecule has 0 saturated heterocycles. The smallest absolute Gasteiger partial charge is 0.408 e. The molecular formula is C15H19N3O6. The number of carboxylic acids is 1. The van der Waals surface area contributed by atoms with Crippen molar-refractivity contribution in [1.82, 2.24) is 10.6 Å². The summed E-state index contributed by atoms with van der Waals surface area (Å²) >= 11 is 0. The van der Waals surface area contributed by atoms with E-state index >= 15 is 0 Å². The maximum Gasteiger partial charge on any atom is 0.408 e. The zero-order valence-corrected chi connectivity index (χ0v) is 13.0. The van der Waals surface area contributed by atoms with Gasteiger partial charge in [-0.05, 0) is 12.5 Å². The van der Waals surface area contributed by atoms with E-state index in [0.717, 1.165) is 5.56 Å². The van der Waals surface area contributed by atoms with Crippen LogP contribution in [-0.2, 0) is 25.7 Å². The number of carboxylic acid groups (broad SMARTS) is 1. The van der Waals surface area contributed by atoms with Crippen LogP contribution >= 0.6 is 0 Å². The van der Waals surface area contributed by atoms with Gasteiger partial charge >= 0.3 is 12.1 Å². The van der Waals surface area contributed by atoms with Crippen LogP contribution in [0.25, 0.3) is 0 Å². The van der Waals surface area contributed by atoms with Crippen LogP contribution in [0.1, 0.15) is 18.9 Å². The molecule has 9 nitrogen and oxygen atoms in total. The lowest BCUT2D eigenvalue weighted by Crippen LogP contribution is -2.51. The molecule has 0 unspecified atom stereocenters. The van der Waals surface area contributed by atoms with Gasteiger partial charge in [-0.1, -0.05) is 30.3 Å². The Labute approximate surface area is 138 Å². The topological polar surface area (TPSA) is 148 Å². The predicted octanol–water partition coefficient (Wildman–Crippen LogP) is -0.254. The second kappa shape index (κ2) is 9.13. The zero-order chi connectivity index (χ0) is 18.1. The van der Waals surface area contributed by atoms with E-state index in [0.29, 0.717) is 0 Å². The molecule has 9 heteroatoms. The van der Waals surface area contributed by atoms with E-state index in [4.69, 9.17) is 15.6 Å². The second-order valence-corrected chi connectivity index (χ2v) is 5.00. The molecule has 1 aromatic carbocycles. The summed E-state index contributed by atoms with van der Waals surface area (Å²) < 4.78 is 4.95. The molecule has 0 aliphatic carbocycles. The number of ether oxygens (including phenoxy) is 1. The molecule has 1 aromatic rings. The molecule has 0 aliphatic rings. The minimum Gasteiger partial charge on any atom is -0.480 e. The molecule has 0 bridgehead atoms. The van der Waals surface area contributed by atoms with Crippen molar-refractivity contribution in [3.8, 4) is 0 Å². The third-order valence-electron chi connectivity index (χ3n) is 2.96. The SMILES string of the molecule is C[C@H](NC(=O)OCc1ccccc1)C(=O)N[C@H](CC(N)=O)C(=O)O. The van der Waals surface area contributed by atoms with Gasteiger partial charge in [-0.2, -0.15) is 0 Å². The van der Waals surface area contributed by atoms with Gasteiger partial charge in [-0.3, -0.25) is 9.59 Å². The summed E-state index contributed by atoms with van der Waals surface area (Å²) in [7, 11) is 0. The Morgan fingerprint density at radius 2 is 1.79 bits per heavy atom. The van der Waals surface area contributed by atoms with Crippen molar-refractivity contribution >= 4 is 23.9 Å². The number of benzene rings is 1. The third-order valence-corrected chi connectivity index (χ3v) is 2.96. The van der Waals surface area contributed by atoms with Crippen molar-refractivity contribution in [3.63, 3.8) is 0 Å². The number of carbonyl (C=O) groups is 4. The van der Waals surface area contributed by atoms with Gasteiger partial charge in [0.2, 0.25) is 11.8 Å². The summed E-state index contributed by atoms with van der Waals surface area (Å²) in [4.78, 5) is 45.2. The van der Waals surface area contributed by atoms with E-state index in [1.54, 1.807) is 24.3 Å². The van der Waals surface area contributed by atoms with Crippen LogP contribution in [-0.4, -0.2) is 41.1 Å². The molecule has 1 rings (SSSR count). The van der Waals surface area contributed by atoms with Crippen LogP contribution in [0.2, 0.25) is 0 Å². The monoisotopic (exact) mass is 337 g/mol. The van der Waals surface area contributed by atoms with Gasteiger partial charge in [0.1, 0.15) is 18.7 Å². The average molecular weight is 337 g/mol. The molecule has 2 atom stereocenters. The van der Waals surface area contributed by atoms with E-state index in [1.807, 2.05) is 6.07 Å². The normalized spacial score (nSPS) is 12.5. The fourth-order valence-electron chi connectivity index (χ4n) is 1.71. The minimum atomic E-state index is -1.46. The van der Waals surface area contributed by atoms with Crippen molar-refractivity contribution in [2.45, 2.75) is 32.0 Å². The van der Waals surface area contributed by atoms with Crippen LogP contribution < -0.4 is 16.4 Å². The Hall–Kier alpha value is -3.10. The molecule has 0 spiro atoms. The lowest BCUT2D eigenvalue weighted by atomic mass is 10.2. The number of nitrogens with two attached hydrogens (primary N) is 1. The number of nitrogens with one attached hydrogen (secondary N) is 2. The van der Waals surface area contributed by atoms with E-state index in [1.165, 1.54) is 6.92 Å². The molecule has 0 aliphatic heterocycles. The van der Waals surface area contributed by atoms with E-state index in [2.05, 4.69) is 10.6 Å². The minimum absolute atomic E-state index is 0.0282. The Bertz CT molecular complexity index is 604. The number of amides is 3. The number of rotatable bonds is 8. The summed E-state index contributed by atoms with van der Waals surface area (Å²) in [6.07, 6.45) is -1.38. The predicted molar refractivity (Wildman–Crippen MR) is 82.6 cm³/mol. The van der Waals surface area contributed by atoms with Gasteiger partial charge in [0.25, 0.3) is 0 Å². The highest BCUT2D eigenvalue weighted by Crippen LogP contribution is 2.01. The van der Waals surface area contributed by atoms with Gasteiger partial charge in [0.15, 0.2) is 0 Å². The van der Waals surface area contributed by atoms with Crippen LogP contribution in [0.4, 0.5) is 4.79 Å². The largest absolute Gasteiger partial charge is 0.480 e. The fraction of sp³-hybridized carbons (Fsp3) is 0.333. The average Bonchev–Trinajstić information content (AvgIpc) is 2.52. The number of carbonyl (C=O) groups excluding carboxylic acids is 3. The molecule has 0 aromatic heterocycles. The van der Waals surface area contributed by atoms with Gasteiger partial charge in [-0.25, -0.2) is 9.59 Å². The highest BCUT2D eigenvalue weighted by molar-refractivity contribution is 5.91. The summed E-state index contributed by atoms with van der Waals surface area (Å²) in [5.74, 6) is -3.05. The summed E-state index contributed by atoms with van der Waals surface area (Å²) in [6, 6.07) is 6.42. The van der Waals surface area contributed by atoms with Crippen LogP contribution in [0.15, 0.2) is 30.3 Å². The lowest BCUT2D eigenvalue weighted by Gasteiger charge is -2.17. The van der Waals surface area contributed by atoms with Crippen molar-refractivity contribution in [2.75, 3.05) is 0 Å². The number of hydrogen-bond donors (Lipinski definition) is 4. The maximum absolute atomic E-state index is 11.9. The summed E-state index contributed by atoms with van der Waals surface area (Å²) in [6.45, 7) is 1.38. The van der Waals surface area contributed by atoms with Gasteiger partial charge < -0.3 is 26.2 Å². The lowest BCUT2D eigenvalue weighted by molar-refractivity contribution is -0.143. The first-order valence-electron chi connectivity index (χ1n) is 7.08. The number of primary amides is 1. The van der Waals surface area contributed by atoms with Gasteiger partial charge in [-0.15, -0.1) is 0 Å². The Morgan fingerprint density at radius 3 is 2.33 bits per heavy atom. The van der Waals surface area contributed by atoms with E-state index in [9.17, 15) is 19.2 Å². The number of alkyl carbamates (subject to hydrolysis) is 1. The highest BCUT2D eigenvalue weighted by atomic mass is 16.5. The Balaban J connectivity index is 2.45. The molecule has 0 fully saturated rings. The molecule has 0 saturated carbocycles. The number of hydrogen-bond acceptors (Lipinski definition) is 5. The van der Waals surface area contributed by atoms with Crippen molar-refractivity contribution in [1.29, 1.82) is 0 Å². The van der Waals surface area contributed by atoms with Crippen LogP contribution in [0, 0.1) is 0 Å². The Morgan fingerprint density at radius 1 is 1.17 bits per heavy atom. The Kier molecular flexibility index (Phi) is 7.21. The summed E-state index contributed by atoms with van der Waals surface area (Å²) in [5, 5.41) is 13.3.